The lowest BCUT2D eigenvalue weighted by molar-refractivity contribution is -0.137. The van der Waals surface area contributed by atoms with Gasteiger partial charge in [0.05, 0.1) is 34.3 Å². The molecule has 7 nitrogen and oxygen atoms in total. The molecule has 0 aliphatic heterocycles. The van der Waals surface area contributed by atoms with E-state index in [1.54, 1.807) is 72.3 Å². The van der Waals surface area contributed by atoms with Gasteiger partial charge in [0, 0.05) is 24.0 Å². The van der Waals surface area contributed by atoms with Gasteiger partial charge >= 0.3 is 11.9 Å². The number of anilines is 2. The Balaban J connectivity index is 0.000000211. The molecule has 0 spiro atoms. The van der Waals surface area contributed by atoms with Gasteiger partial charge in [0.15, 0.2) is 0 Å². The molecule has 0 amide bonds. The molecule has 4 rings (SSSR count). The second-order valence-corrected chi connectivity index (χ2v) is 9.30. The molecule has 0 aliphatic rings. The lowest BCUT2D eigenvalue weighted by atomic mass is 10.1. The first kappa shape index (κ1) is 28.5. The largest absolute Gasteiger partial charge is 0.481 e. The van der Waals surface area contributed by atoms with Crippen LogP contribution in [-0.4, -0.2) is 32.5 Å². The van der Waals surface area contributed by atoms with E-state index in [1.165, 1.54) is 0 Å². The van der Waals surface area contributed by atoms with Gasteiger partial charge in [-0.2, -0.15) is 0 Å². The number of rotatable bonds is 8. The summed E-state index contributed by atoms with van der Waals surface area (Å²) in [6.45, 7) is 1.96. The summed E-state index contributed by atoms with van der Waals surface area (Å²) in [4.78, 5) is 33.8. The molecule has 196 valence electrons. The van der Waals surface area contributed by atoms with E-state index in [1.807, 2.05) is 25.1 Å². The van der Waals surface area contributed by atoms with Crippen LogP contribution in [0.1, 0.15) is 32.9 Å². The van der Waals surface area contributed by atoms with Gasteiger partial charge in [0.25, 0.3) is 0 Å². The van der Waals surface area contributed by atoms with E-state index in [9.17, 15) is 14.4 Å². The van der Waals surface area contributed by atoms with E-state index >= 15 is 0 Å². The molecule has 3 aromatic carbocycles. The van der Waals surface area contributed by atoms with Crippen molar-refractivity contribution in [1.29, 1.82) is 0 Å². The number of para-hydroxylation sites is 2. The van der Waals surface area contributed by atoms with Gasteiger partial charge in [0.1, 0.15) is 0 Å². The molecular weight excluding hydrogens is 527 g/mol. The molecular formula is C29H26Cl2N2O5. The summed E-state index contributed by atoms with van der Waals surface area (Å²) in [6.07, 6.45) is -0.150. The summed E-state index contributed by atoms with van der Waals surface area (Å²) in [5.74, 6) is -1.89. The zero-order valence-corrected chi connectivity index (χ0v) is 22.3. The number of hydrogen-bond acceptors (Lipinski definition) is 4. The Hall–Kier alpha value is -4.07. The van der Waals surface area contributed by atoms with Crippen LogP contribution in [0.25, 0.3) is 0 Å². The Bertz CT molecular complexity index is 1440. The minimum Gasteiger partial charge on any atom is -0.481 e. The van der Waals surface area contributed by atoms with Crippen molar-refractivity contribution in [1.82, 2.24) is 4.57 Å². The van der Waals surface area contributed by atoms with Crippen molar-refractivity contribution >= 4 is 52.3 Å². The predicted molar refractivity (Wildman–Crippen MR) is 149 cm³/mol. The van der Waals surface area contributed by atoms with Crippen LogP contribution in [0.3, 0.4) is 0 Å². The van der Waals surface area contributed by atoms with Crippen LogP contribution >= 0.6 is 23.2 Å². The first-order valence-corrected chi connectivity index (χ1v) is 12.3. The normalized spacial score (nSPS) is 10.3. The third-order valence-electron chi connectivity index (χ3n) is 5.69. The van der Waals surface area contributed by atoms with Crippen molar-refractivity contribution in [2.24, 2.45) is 7.05 Å². The molecule has 3 N–H and O–H groups in total. The molecule has 1 heterocycles. The molecule has 0 radical (unpaired) electrons. The highest BCUT2D eigenvalue weighted by Crippen LogP contribution is 2.33. The Morgan fingerprint density at radius 2 is 1.39 bits per heavy atom. The SMILES string of the molecule is Cc1ccc(C(=O)c2ccc(CC(=O)O)n2C)cc1.O=C(O)Cc1ccccc1Nc1c(Cl)cccc1Cl. The number of nitrogens with zero attached hydrogens (tertiary/aromatic N) is 1. The molecule has 1 aromatic heterocycles. The van der Waals surface area contributed by atoms with Crippen molar-refractivity contribution in [3.63, 3.8) is 0 Å². The molecule has 0 saturated carbocycles. The summed E-state index contributed by atoms with van der Waals surface area (Å²) in [6, 6.07) is 23.0. The average Bonchev–Trinajstić information content (AvgIpc) is 3.22. The molecule has 0 bridgehead atoms. The summed E-state index contributed by atoms with van der Waals surface area (Å²) in [5, 5.41) is 21.7. The number of carboxylic acid groups (broad SMARTS) is 2. The molecule has 0 fully saturated rings. The van der Waals surface area contributed by atoms with Crippen molar-refractivity contribution < 1.29 is 24.6 Å². The summed E-state index contributed by atoms with van der Waals surface area (Å²) >= 11 is 12.1. The van der Waals surface area contributed by atoms with Crippen molar-refractivity contribution in [2.45, 2.75) is 19.8 Å². The van der Waals surface area contributed by atoms with Gasteiger partial charge in [-0.25, -0.2) is 0 Å². The maximum Gasteiger partial charge on any atom is 0.309 e. The van der Waals surface area contributed by atoms with Gasteiger partial charge < -0.3 is 20.1 Å². The van der Waals surface area contributed by atoms with E-state index in [2.05, 4.69) is 5.32 Å². The number of halogens is 2. The van der Waals surface area contributed by atoms with E-state index in [-0.39, 0.29) is 18.6 Å². The monoisotopic (exact) mass is 552 g/mol. The average molecular weight is 553 g/mol. The van der Waals surface area contributed by atoms with Crippen LogP contribution in [0.15, 0.2) is 78.9 Å². The third-order valence-corrected chi connectivity index (χ3v) is 6.32. The Morgan fingerprint density at radius 3 is 2.00 bits per heavy atom. The Kier molecular flexibility index (Phi) is 9.71. The van der Waals surface area contributed by atoms with Crippen LogP contribution in [0.5, 0.6) is 0 Å². The molecule has 9 heteroatoms. The third kappa shape index (κ3) is 7.47. The van der Waals surface area contributed by atoms with Crippen LogP contribution in [-0.2, 0) is 29.5 Å². The standard InChI is InChI=1S/C15H15NO3.C14H11Cl2NO2/c1-10-3-5-11(6-4-10)15(19)13-8-7-12(16(13)2)9-14(17)18;15-10-5-3-6-11(16)14(10)17-12-7-2-1-4-9(12)8-13(18)19/h3-8H,9H2,1-2H3,(H,17,18);1-7,17H,8H2,(H,18,19). The number of nitrogens with one attached hydrogen (secondary N) is 1. The van der Waals surface area contributed by atoms with E-state index < -0.39 is 11.9 Å². The number of ketones is 1. The minimum absolute atomic E-state index is 0.0642. The van der Waals surface area contributed by atoms with Crippen molar-refractivity contribution in [3.8, 4) is 0 Å². The van der Waals surface area contributed by atoms with Gasteiger partial charge in [-0.3, -0.25) is 14.4 Å². The highest BCUT2D eigenvalue weighted by molar-refractivity contribution is 6.39. The molecule has 0 aliphatic carbocycles. The summed E-state index contributed by atoms with van der Waals surface area (Å²) < 4.78 is 1.64. The number of benzene rings is 3. The summed E-state index contributed by atoms with van der Waals surface area (Å²) in [7, 11) is 1.71. The highest BCUT2D eigenvalue weighted by atomic mass is 35.5. The molecule has 0 unspecified atom stereocenters. The molecule has 0 atom stereocenters. The number of hydrogen-bond donors (Lipinski definition) is 3. The quantitative estimate of drug-likeness (QED) is 0.214. The fourth-order valence-corrected chi connectivity index (χ4v) is 4.17. The smallest absolute Gasteiger partial charge is 0.309 e. The Morgan fingerprint density at radius 1 is 0.789 bits per heavy atom. The second-order valence-electron chi connectivity index (χ2n) is 8.48. The Labute approximate surface area is 230 Å². The second kappa shape index (κ2) is 12.9. The zero-order chi connectivity index (χ0) is 27.8. The number of carboxylic acids is 2. The van der Waals surface area contributed by atoms with Crippen LogP contribution < -0.4 is 5.32 Å². The van der Waals surface area contributed by atoms with E-state index in [0.29, 0.717) is 43.9 Å². The number of carbonyl (C=O) groups excluding carboxylic acids is 1. The van der Waals surface area contributed by atoms with Crippen molar-refractivity contribution in [2.75, 3.05) is 5.32 Å². The van der Waals surface area contributed by atoms with Crippen LogP contribution in [0, 0.1) is 6.92 Å². The minimum atomic E-state index is -0.907. The number of carbonyl (C=O) groups is 3. The first-order valence-electron chi connectivity index (χ1n) is 11.5. The first-order chi connectivity index (χ1) is 18.1. The topological polar surface area (TPSA) is 109 Å². The van der Waals surface area contributed by atoms with Gasteiger partial charge in [-0.05, 0) is 42.8 Å². The van der Waals surface area contributed by atoms with E-state index in [4.69, 9.17) is 33.4 Å². The molecule has 4 aromatic rings. The fourth-order valence-electron chi connectivity index (χ4n) is 3.68. The maximum absolute atomic E-state index is 12.3. The maximum atomic E-state index is 12.3. The lowest BCUT2D eigenvalue weighted by Crippen LogP contribution is -2.11. The van der Waals surface area contributed by atoms with Crippen LogP contribution in [0.4, 0.5) is 11.4 Å². The number of aliphatic carboxylic acids is 2. The van der Waals surface area contributed by atoms with E-state index in [0.717, 1.165) is 5.56 Å². The molecule has 0 saturated heterocycles. The summed E-state index contributed by atoms with van der Waals surface area (Å²) in [5.41, 5.74) is 4.74. The van der Waals surface area contributed by atoms with Gasteiger partial charge in [-0.1, -0.05) is 77.3 Å². The number of aromatic nitrogens is 1. The van der Waals surface area contributed by atoms with Crippen LogP contribution in [0.2, 0.25) is 10.0 Å². The van der Waals surface area contributed by atoms with Crippen molar-refractivity contribution in [3.05, 3.63) is 117 Å². The van der Waals surface area contributed by atoms with Gasteiger partial charge in [-0.15, -0.1) is 0 Å². The molecule has 38 heavy (non-hydrogen) atoms. The van der Waals surface area contributed by atoms with Gasteiger partial charge in [0.2, 0.25) is 5.78 Å². The lowest BCUT2D eigenvalue weighted by Gasteiger charge is -2.13. The predicted octanol–water partition coefficient (Wildman–Crippen LogP) is 6.56. The fraction of sp³-hybridized carbons (Fsp3) is 0.138. The highest BCUT2D eigenvalue weighted by Gasteiger charge is 2.16. The zero-order valence-electron chi connectivity index (χ0n) is 20.7. The number of aryl methyl sites for hydroxylation is 1.